The Kier molecular flexibility index (Phi) is 6.98. The molecule has 0 aliphatic carbocycles. The molecule has 2 rings (SSSR count). The maximum atomic E-state index is 8.90. The summed E-state index contributed by atoms with van der Waals surface area (Å²) in [6, 6.07) is 7.88. The van der Waals surface area contributed by atoms with Gasteiger partial charge in [0.2, 0.25) is 0 Å². The van der Waals surface area contributed by atoms with Gasteiger partial charge in [-0.2, -0.15) is 5.26 Å². The topological polar surface area (TPSA) is 61.8 Å². The zero-order valence-electron chi connectivity index (χ0n) is 9.48. The Labute approximate surface area is 114 Å². The molecule has 1 aromatic carbocycles. The number of nitrogens with one attached hydrogen (secondary N) is 1. The summed E-state index contributed by atoms with van der Waals surface area (Å²) >= 11 is 0. The smallest absolute Gasteiger partial charge is 0.101 e. The molecule has 94 valence electrons. The minimum absolute atomic E-state index is 0. The molecule has 1 saturated heterocycles. The van der Waals surface area contributed by atoms with Gasteiger partial charge in [-0.15, -0.1) is 24.8 Å². The van der Waals surface area contributed by atoms with Crippen LogP contribution in [-0.2, 0) is 0 Å². The molecule has 0 saturated carbocycles. The van der Waals surface area contributed by atoms with Crippen molar-refractivity contribution in [3.63, 3.8) is 0 Å². The van der Waals surface area contributed by atoms with Gasteiger partial charge in [-0.05, 0) is 43.5 Å². The number of benzene rings is 1. The zero-order valence-corrected chi connectivity index (χ0v) is 11.1. The fraction of sp³-hybridized carbons (Fsp3) is 0.417. The van der Waals surface area contributed by atoms with E-state index in [0.29, 0.717) is 17.2 Å². The van der Waals surface area contributed by atoms with Crippen LogP contribution in [0.25, 0.3) is 0 Å². The van der Waals surface area contributed by atoms with Crippen molar-refractivity contribution in [2.45, 2.75) is 18.8 Å². The molecule has 0 atom stereocenters. The number of anilines is 1. The normalized spacial score (nSPS) is 15.2. The van der Waals surface area contributed by atoms with Crippen LogP contribution in [0.5, 0.6) is 0 Å². The van der Waals surface area contributed by atoms with E-state index in [-0.39, 0.29) is 24.8 Å². The molecule has 0 unspecified atom stereocenters. The molecule has 0 radical (unpaired) electrons. The first-order chi connectivity index (χ1) is 7.33. The summed E-state index contributed by atoms with van der Waals surface area (Å²) in [6.07, 6.45) is 2.22. The molecule has 1 aliphatic rings. The highest BCUT2D eigenvalue weighted by Gasteiger charge is 2.18. The van der Waals surface area contributed by atoms with Gasteiger partial charge in [-0.25, -0.2) is 0 Å². The average Bonchev–Trinajstić information content (AvgIpc) is 2.30. The van der Waals surface area contributed by atoms with Gasteiger partial charge < -0.3 is 11.1 Å². The van der Waals surface area contributed by atoms with E-state index in [2.05, 4.69) is 11.4 Å². The molecule has 0 amide bonds. The maximum absolute atomic E-state index is 8.90. The lowest BCUT2D eigenvalue weighted by Gasteiger charge is -2.24. The summed E-state index contributed by atoms with van der Waals surface area (Å²) in [5.74, 6) is 0.513. The molecule has 3 nitrogen and oxygen atoms in total. The van der Waals surface area contributed by atoms with E-state index in [4.69, 9.17) is 11.0 Å². The van der Waals surface area contributed by atoms with E-state index >= 15 is 0 Å². The average molecular weight is 274 g/mol. The predicted octanol–water partition coefficient (Wildman–Crippen LogP) is 2.45. The van der Waals surface area contributed by atoms with Crippen molar-refractivity contribution in [1.29, 1.82) is 5.26 Å². The summed E-state index contributed by atoms with van der Waals surface area (Å²) in [5.41, 5.74) is 8.41. The summed E-state index contributed by atoms with van der Waals surface area (Å²) in [5, 5.41) is 12.2. The minimum atomic E-state index is 0. The Bertz CT molecular complexity index is 395. The number of nitriles is 1. The first-order valence-corrected chi connectivity index (χ1v) is 5.32. The van der Waals surface area contributed by atoms with Crippen LogP contribution in [0.15, 0.2) is 18.2 Å². The molecular weight excluding hydrogens is 257 g/mol. The van der Waals surface area contributed by atoms with Crippen molar-refractivity contribution in [1.82, 2.24) is 5.32 Å². The van der Waals surface area contributed by atoms with E-state index in [0.717, 1.165) is 31.5 Å². The van der Waals surface area contributed by atoms with Crippen LogP contribution in [0.3, 0.4) is 0 Å². The molecule has 1 aliphatic heterocycles. The predicted molar refractivity (Wildman–Crippen MR) is 74.9 cm³/mol. The highest BCUT2D eigenvalue weighted by molar-refractivity contribution is 5.85. The van der Waals surface area contributed by atoms with Crippen LogP contribution < -0.4 is 11.1 Å². The van der Waals surface area contributed by atoms with E-state index in [1.807, 2.05) is 12.1 Å². The Hall–Kier alpha value is -0.950. The van der Waals surface area contributed by atoms with Crippen LogP contribution in [0.2, 0.25) is 0 Å². The molecular formula is C12H17Cl2N3. The highest BCUT2D eigenvalue weighted by Crippen LogP contribution is 2.31. The Morgan fingerprint density at radius 1 is 1.24 bits per heavy atom. The second kappa shape index (κ2) is 7.39. The SMILES string of the molecule is Cl.Cl.N#Cc1cccc(C2CCNCC2)c1N. The molecule has 1 fully saturated rings. The largest absolute Gasteiger partial charge is 0.397 e. The van der Waals surface area contributed by atoms with Gasteiger partial charge in [0.05, 0.1) is 11.3 Å². The third-order valence-electron chi connectivity index (χ3n) is 3.04. The molecule has 17 heavy (non-hydrogen) atoms. The van der Waals surface area contributed by atoms with Gasteiger partial charge in [0.25, 0.3) is 0 Å². The lowest BCUT2D eigenvalue weighted by molar-refractivity contribution is 0.461. The van der Waals surface area contributed by atoms with Crippen LogP contribution in [0.4, 0.5) is 5.69 Å². The number of nitrogens with zero attached hydrogens (tertiary/aromatic N) is 1. The molecule has 0 aromatic heterocycles. The quantitative estimate of drug-likeness (QED) is 0.773. The molecule has 1 heterocycles. The number of hydrogen-bond acceptors (Lipinski definition) is 3. The van der Waals surface area contributed by atoms with E-state index in [1.54, 1.807) is 6.07 Å². The number of piperidine rings is 1. The van der Waals surface area contributed by atoms with E-state index < -0.39 is 0 Å². The summed E-state index contributed by atoms with van der Waals surface area (Å²) in [6.45, 7) is 2.09. The summed E-state index contributed by atoms with van der Waals surface area (Å²) < 4.78 is 0. The van der Waals surface area contributed by atoms with Gasteiger partial charge in [0.15, 0.2) is 0 Å². The van der Waals surface area contributed by atoms with Crippen molar-refractivity contribution in [2.75, 3.05) is 18.8 Å². The van der Waals surface area contributed by atoms with Crippen molar-refractivity contribution in [3.05, 3.63) is 29.3 Å². The fourth-order valence-electron chi connectivity index (χ4n) is 2.17. The second-order valence-electron chi connectivity index (χ2n) is 3.94. The lowest BCUT2D eigenvalue weighted by atomic mass is 9.88. The van der Waals surface area contributed by atoms with Crippen LogP contribution >= 0.6 is 24.8 Å². The summed E-state index contributed by atoms with van der Waals surface area (Å²) in [7, 11) is 0. The van der Waals surface area contributed by atoms with Crippen LogP contribution in [0.1, 0.15) is 29.9 Å². The molecule has 0 spiro atoms. The zero-order chi connectivity index (χ0) is 10.7. The monoisotopic (exact) mass is 273 g/mol. The number of rotatable bonds is 1. The molecule has 5 heteroatoms. The lowest BCUT2D eigenvalue weighted by Crippen LogP contribution is -2.27. The van der Waals surface area contributed by atoms with Gasteiger partial charge >= 0.3 is 0 Å². The van der Waals surface area contributed by atoms with Gasteiger partial charge in [0, 0.05) is 0 Å². The number of nitrogens with two attached hydrogens (primary N) is 1. The standard InChI is InChI=1S/C12H15N3.2ClH/c13-8-10-2-1-3-11(12(10)14)9-4-6-15-7-5-9;;/h1-3,9,15H,4-7,14H2;2*1H. The van der Waals surface area contributed by atoms with Gasteiger partial charge in [-0.3, -0.25) is 0 Å². The van der Waals surface area contributed by atoms with Crippen LogP contribution in [-0.4, -0.2) is 13.1 Å². The van der Waals surface area contributed by atoms with Crippen molar-refractivity contribution < 1.29 is 0 Å². The third-order valence-corrected chi connectivity index (χ3v) is 3.04. The third kappa shape index (κ3) is 3.50. The first-order valence-electron chi connectivity index (χ1n) is 5.32. The summed E-state index contributed by atoms with van der Waals surface area (Å²) in [4.78, 5) is 0. The van der Waals surface area contributed by atoms with Gasteiger partial charge in [0.1, 0.15) is 6.07 Å². The Morgan fingerprint density at radius 2 is 1.88 bits per heavy atom. The van der Waals surface area contributed by atoms with Gasteiger partial charge in [-0.1, -0.05) is 12.1 Å². The minimum Gasteiger partial charge on any atom is -0.397 e. The van der Waals surface area contributed by atoms with Crippen molar-refractivity contribution in [3.8, 4) is 6.07 Å². The number of nitrogen functional groups attached to an aromatic ring is 1. The van der Waals surface area contributed by atoms with E-state index in [9.17, 15) is 0 Å². The Balaban J connectivity index is 0.00000128. The number of halogens is 2. The van der Waals surface area contributed by atoms with Crippen molar-refractivity contribution >= 4 is 30.5 Å². The van der Waals surface area contributed by atoms with Crippen LogP contribution in [0, 0.1) is 11.3 Å². The highest BCUT2D eigenvalue weighted by atomic mass is 35.5. The molecule has 1 aromatic rings. The van der Waals surface area contributed by atoms with E-state index in [1.165, 1.54) is 0 Å². The molecule has 3 N–H and O–H groups in total. The second-order valence-corrected chi connectivity index (χ2v) is 3.94. The maximum Gasteiger partial charge on any atom is 0.101 e. The Morgan fingerprint density at radius 3 is 2.47 bits per heavy atom. The number of hydrogen-bond donors (Lipinski definition) is 2. The van der Waals surface area contributed by atoms with Crippen molar-refractivity contribution in [2.24, 2.45) is 0 Å². The number of para-hydroxylation sites is 1. The first kappa shape index (κ1) is 16.1. The molecule has 0 bridgehead atoms. The fourth-order valence-corrected chi connectivity index (χ4v) is 2.17.